The average molecular weight is 303 g/mol. The molecule has 22 heavy (non-hydrogen) atoms. The van der Waals surface area contributed by atoms with E-state index < -0.39 is 17.2 Å². The molecule has 1 aromatic heterocycles. The summed E-state index contributed by atoms with van der Waals surface area (Å²) < 4.78 is 0. The van der Waals surface area contributed by atoms with Gasteiger partial charge in [-0.15, -0.1) is 0 Å². The van der Waals surface area contributed by atoms with E-state index >= 15 is 0 Å². The van der Waals surface area contributed by atoms with Crippen LogP contribution >= 0.6 is 0 Å². The summed E-state index contributed by atoms with van der Waals surface area (Å²) in [5, 5.41) is 18.5. The first-order valence-electron chi connectivity index (χ1n) is 6.33. The Morgan fingerprint density at radius 3 is 2.73 bits per heavy atom. The molecule has 2 rings (SSSR count). The summed E-state index contributed by atoms with van der Waals surface area (Å²) in [4.78, 5) is 35.7. The molecule has 0 radical (unpaired) electrons. The van der Waals surface area contributed by atoms with E-state index in [1.165, 1.54) is 18.3 Å². The van der Waals surface area contributed by atoms with Crippen LogP contribution in [0.1, 0.15) is 17.7 Å². The highest BCUT2D eigenvalue weighted by Crippen LogP contribution is 2.07. The van der Waals surface area contributed by atoms with Crippen LogP contribution in [0.5, 0.6) is 5.75 Å². The smallest absolute Gasteiger partial charge is 0.342 e. The van der Waals surface area contributed by atoms with E-state index in [0.717, 1.165) is 0 Å². The predicted molar refractivity (Wildman–Crippen MR) is 77.6 cm³/mol. The molecule has 9 nitrogen and oxygen atoms in total. The highest BCUT2D eigenvalue weighted by molar-refractivity contribution is 5.82. The van der Waals surface area contributed by atoms with Gasteiger partial charge >= 0.3 is 5.69 Å². The highest BCUT2D eigenvalue weighted by Gasteiger charge is 2.06. The Morgan fingerprint density at radius 2 is 2.05 bits per heavy atom. The van der Waals surface area contributed by atoms with E-state index in [0.29, 0.717) is 5.56 Å². The molecule has 0 unspecified atom stereocenters. The van der Waals surface area contributed by atoms with Crippen LogP contribution in [-0.4, -0.2) is 32.4 Å². The number of H-pyrrole nitrogens is 2. The van der Waals surface area contributed by atoms with Gasteiger partial charge in [-0.2, -0.15) is 10.2 Å². The normalized spacial score (nSPS) is 10.7. The molecule has 0 saturated heterocycles. The number of rotatable bonds is 5. The number of aromatic nitrogens is 3. The number of phenolic OH excluding ortho intramolecular Hbond substituents is 1. The van der Waals surface area contributed by atoms with Gasteiger partial charge in [0.05, 0.1) is 6.21 Å². The quantitative estimate of drug-likeness (QED) is 0.425. The zero-order chi connectivity index (χ0) is 15.9. The first-order valence-corrected chi connectivity index (χ1v) is 6.33. The molecule has 4 N–H and O–H groups in total. The van der Waals surface area contributed by atoms with Crippen molar-refractivity contribution in [3.05, 3.63) is 56.4 Å². The number of benzene rings is 1. The lowest BCUT2D eigenvalue weighted by molar-refractivity contribution is -0.121. The van der Waals surface area contributed by atoms with Crippen LogP contribution in [0.2, 0.25) is 0 Å². The molecule has 1 aromatic carbocycles. The number of phenols is 1. The summed E-state index contributed by atoms with van der Waals surface area (Å²) in [6.45, 7) is 0. The van der Waals surface area contributed by atoms with Crippen molar-refractivity contribution in [1.82, 2.24) is 20.6 Å². The van der Waals surface area contributed by atoms with Gasteiger partial charge in [0.2, 0.25) is 5.91 Å². The van der Waals surface area contributed by atoms with Crippen LogP contribution < -0.4 is 16.7 Å². The second kappa shape index (κ2) is 6.97. The maximum Gasteiger partial charge on any atom is 0.342 e. The van der Waals surface area contributed by atoms with Crippen molar-refractivity contribution in [1.29, 1.82) is 0 Å². The maximum absolute atomic E-state index is 11.6. The lowest BCUT2D eigenvalue weighted by Gasteiger charge is -1.99. The van der Waals surface area contributed by atoms with Crippen molar-refractivity contribution in [2.45, 2.75) is 12.8 Å². The highest BCUT2D eigenvalue weighted by atomic mass is 16.3. The molecule has 1 heterocycles. The molecule has 0 aliphatic rings. The molecule has 0 fully saturated rings. The molecular formula is C13H13N5O4. The third kappa shape index (κ3) is 4.40. The van der Waals surface area contributed by atoms with E-state index in [-0.39, 0.29) is 24.3 Å². The Labute approximate surface area is 123 Å². The number of nitrogens with one attached hydrogen (secondary N) is 3. The third-order valence-electron chi connectivity index (χ3n) is 2.67. The van der Waals surface area contributed by atoms with Crippen LogP contribution in [-0.2, 0) is 11.2 Å². The monoisotopic (exact) mass is 303 g/mol. The van der Waals surface area contributed by atoms with Crippen LogP contribution in [0.25, 0.3) is 0 Å². The van der Waals surface area contributed by atoms with Gasteiger partial charge in [0.1, 0.15) is 11.4 Å². The number of aromatic hydroxyl groups is 1. The summed E-state index contributed by atoms with van der Waals surface area (Å²) in [7, 11) is 0. The van der Waals surface area contributed by atoms with Gasteiger partial charge in [0, 0.05) is 12.8 Å². The summed E-state index contributed by atoms with van der Waals surface area (Å²) in [5.41, 5.74) is 1.76. The van der Waals surface area contributed by atoms with Gasteiger partial charge in [-0.1, -0.05) is 0 Å². The van der Waals surface area contributed by atoms with Crippen molar-refractivity contribution in [3.63, 3.8) is 0 Å². The van der Waals surface area contributed by atoms with E-state index in [9.17, 15) is 14.4 Å². The number of carbonyl (C=O) groups excluding carboxylic acids is 1. The maximum atomic E-state index is 11.6. The Bertz CT molecular complexity index is 791. The minimum absolute atomic E-state index is 0.00492. The first kappa shape index (κ1) is 15.2. The van der Waals surface area contributed by atoms with Crippen molar-refractivity contribution in [2.75, 3.05) is 0 Å². The van der Waals surface area contributed by atoms with Crippen molar-refractivity contribution >= 4 is 12.1 Å². The number of amides is 1. The van der Waals surface area contributed by atoms with Gasteiger partial charge in [-0.25, -0.2) is 15.3 Å². The number of hydrazone groups is 1. The standard InChI is InChI=1S/C13H13N5O4/c19-9-3-1-8(2-4-9)7-14-17-11(20)6-5-10-12(21)15-13(22)18-16-10/h1-4,7,19H,5-6H2,(H,17,20)(H2,15,18,21,22). The predicted octanol–water partition coefficient (Wildman–Crippen LogP) is -0.753. The first-order chi connectivity index (χ1) is 10.5. The molecule has 2 aromatic rings. The van der Waals surface area contributed by atoms with Crippen molar-refractivity contribution < 1.29 is 9.90 Å². The minimum Gasteiger partial charge on any atom is -0.508 e. The molecule has 114 valence electrons. The van der Waals surface area contributed by atoms with E-state index in [1.807, 2.05) is 4.98 Å². The number of carbonyl (C=O) groups is 1. The zero-order valence-corrected chi connectivity index (χ0v) is 11.4. The second-order valence-corrected chi connectivity index (χ2v) is 4.34. The van der Waals surface area contributed by atoms with Crippen LogP contribution in [0.3, 0.4) is 0 Å². The second-order valence-electron chi connectivity index (χ2n) is 4.34. The lowest BCUT2D eigenvalue weighted by atomic mass is 10.2. The molecule has 0 spiro atoms. The Kier molecular flexibility index (Phi) is 4.81. The molecule has 0 atom stereocenters. The van der Waals surface area contributed by atoms with Gasteiger partial charge in [0.25, 0.3) is 5.56 Å². The van der Waals surface area contributed by atoms with Crippen molar-refractivity contribution in [2.24, 2.45) is 5.10 Å². The van der Waals surface area contributed by atoms with Crippen molar-refractivity contribution in [3.8, 4) is 5.75 Å². The molecule has 0 aliphatic carbocycles. The third-order valence-corrected chi connectivity index (χ3v) is 2.67. The summed E-state index contributed by atoms with van der Waals surface area (Å²) >= 11 is 0. The molecule has 1 amide bonds. The Hall–Kier alpha value is -3.23. The van der Waals surface area contributed by atoms with Gasteiger partial charge in [-0.3, -0.25) is 14.6 Å². The molecule has 9 heteroatoms. The summed E-state index contributed by atoms with van der Waals surface area (Å²) in [5.74, 6) is -0.262. The zero-order valence-electron chi connectivity index (χ0n) is 11.4. The van der Waals surface area contributed by atoms with E-state index in [1.54, 1.807) is 12.1 Å². The van der Waals surface area contributed by atoms with Crippen LogP contribution in [0, 0.1) is 0 Å². The molecular weight excluding hydrogens is 290 g/mol. The van der Waals surface area contributed by atoms with Gasteiger partial charge < -0.3 is 5.11 Å². The number of hydrogen-bond acceptors (Lipinski definition) is 6. The number of hydrogen-bond donors (Lipinski definition) is 4. The fourth-order valence-electron chi connectivity index (χ4n) is 1.57. The fourth-order valence-corrected chi connectivity index (χ4v) is 1.57. The Morgan fingerprint density at radius 1 is 1.32 bits per heavy atom. The lowest BCUT2D eigenvalue weighted by Crippen LogP contribution is -2.28. The van der Waals surface area contributed by atoms with Crippen LogP contribution in [0.15, 0.2) is 39.0 Å². The number of aryl methyl sites for hydroxylation is 1. The summed E-state index contributed by atoms with van der Waals surface area (Å²) in [6, 6.07) is 6.26. The molecule has 0 saturated carbocycles. The van der Waals surface area contributed by atoms with Crippen LogP contribution in [0.4, 0.5) is 0 Å². The SMILES string of the molecule is O=C(CCc1n[nH]c(=O)[nH]c1=O)NN=Cc1ccc(O)cc1. The fraction of sp³-hybridized carbons (Fsp3) is 0.154. The number of aromatic amines is 2. The average Bonchev–Trinajstić information content (AvgIpc) is 2.48. The van der Waals surface area contributed by atoms with E-state index in [4.69, 9.17) is 5.11 Å². The molecule has 0 bridgehead atoms. The van der Waals surface area contributed by atoms with E-state index in [2.05, 4.69) is 20.7 Å². The van der Waals surface area contributed by atoms with Gasteiger partial charge in [-0.05, 0) is 29.8 Å². The summed E-state index contributed by atoms with van der Waals surface area (Å²) in [6.07, 6.45) is 1.49. The number of nitrogens with zero attached hydrogens (tertiary/aromatic N) is 2. The minimum atomic E-state index is -0.698. The molecule has 0 aliphatic heterocycles. The largest absolute Gasteiger partial charge is 0.508 e. The topological polar surface area (TPSA) is 140 Å². The van der Waals surface area contributed by atoms with Gasteiger partial charge in [0.15, 0.2) is 0 Å². The Balaban J connectivity index is 1.84.